The standard InChI is InChI=1S/C12H20N4O/c1-9-7-14-11(13-4)15-10(9)16-5-6-17-8-12(16,2)3/h7H,5-6,8H2,1-4H3,(H,13,14,15). The summed E-state index contributed by atoms with van der Waals surface area (Å²) in [7, 11) is 1.83. The topological polar surface area (TPSA) is 50.3 Å². The predicted octanol–water partition coefficient (Wildman–Crippen LogP) is 1.44. The molecule has 1 aromatic heterocycles. The molecule has 1 aliphatic heterocycles. The summed E-state index contributed by atoms with van der Waals surface area (Å²) in [4.78, 5) is 11.1. The first-order valence-electron chi connectivity index (χ1n) is 5.91. The fourth-order valence-corrected chi connectivity index (χ4v) is 2.08. The SMILES string of the molecule is CNc1ncc(C)c(N2CCOCC2(C)C)n1. The number of hydrogen-bond acceptors (Lipinski definition) is 5. The molecule has 1 aromatic rings. The molecule has 0 atom stereocenters. The van der Waals surface area contributed by atoms with E-state index in [4.69, 9.17) is 4.74 Å². The van der Waals surface area contributed by atoms with Crippen LogP contribution in [0.2, 0.25) is 0 Å². The van der Waals surface area contributed by atoms with E-state index in [-0.39, 0.29) is 5.54 Å². The van der Waals surface area contributed by atoms with E-state index in [1.807, 2.05) is 20.2 Å². The van der Waals surface area contributed by atoms with Crippen LogP contribution in [0, 0.1) is 6.92 Å². The van der Waals surface area contributed by atoms with Gasteiger partial charge in [0.1, 0.15) is 5.82 Å². The van der Waals surface area contributed by atoms with Crippen molar-refractivity contribution in [3.05, 3.63) is 11.8 Å². The highest BCUT2D eigenvalue weighted by Crippen LogP contribution is 2.28. The zero-order valence-electron chi connectivity index (χ0n) is 10.9. The third-order valence-electron chi connectivity index (χ3n) is 3.07. The summed E-state index contributed by atoms with van der Waals surface area (Å²) in [5.41, 5.74) is 1.07. The van der Waals surface area contributed by atoms with Gasteiger partial charge in [-0.1, -0.05) is 0 Å². The maximum Gasteiger partial charge on any atom is 0.224 e. The van der Waals surface area contributed by atoms with Gasteiger partial charge >= 0.3 is 0 Å². The Labute approximate surface area is 102 Å². The van der Waals surface area contributed by atoms with Gasteiger partial charge in [0.2, 0.25) is 5.95 Å². The monoisotopic (exact) mass is 236 g/mol. The van der Waals surface area contributed by atoms with Crippen molar-refractivity contribution >= 4 is 11.8 Å². The minimum Gasteiger partial charge on any atom is -0.377 e. The highest BCUT2D eigenvalue weighted by Gasteiger charge is 2.32. The molecule has 0 unspecified atom stereocenters. The fraction of sp³-hybridized carbons (Fsp3) is 0.667. The smallest absolute Gasteiger partial charge is 0.224 e. The molecule has 0 spiro atoms. The summed E-state index contributed by atoms with van der Waals surface area (Å²) in [5.74, 6) is 1.66. The molecule has 0 radical (unpaired) electrons. The number of aromatic nitrogens is 2. The number of nitrogens with zero attached hydrogens (tertiary/aromatic N) is 3. The molecular weight excluding hydrogens is 216 g/mol. The molecule has 1 saturated heterocycles. The van der Waals surface area contributed by atoms with Gasteiger partial charge in [-0.2, -0.15) is 4.98 Å². The average molecular weight is 236 g/mol. The number of aryl methyl sites for hydroxylation is 1. The first-order valence-corrected chi connectivity index (χ1v) is 5.91. The molecule has 94 valence electrons. The van der Waals surface area contributed by atoms with Gasteiger partial charge in [-0.05, 0) is 20.8 Å². The molecule has 0 saturated carbocycles. The van der Waals surface area contributed by atoms with Crippen molar-refractivity contribution in [2.75, 3.05) is 37.0 Å². The van der Waals surface area contributed by atoms with E-state index in [1.165, 1.54) is 0 Å². The number of morpholine rings is 1. The van der Waals surface area contributed by atoms with Crippen LogP contribution in [0.1, 0.15) is 19.4 Å². The van der Waals surface area contributed by atoms with Crippen LogP contribution in [-0.2, 0) is 4.74 Å². The summed E-state index contributed by atoms with van der Waals surface area (Å²) in [6.45, 7) is 8.74. The van der Waals surface area contributed by atoms with Crippen molar-refractivity contribution in [1.29, 1.82) is 0 Å². The van der Waals surface area contributed by atoms with Gasteiger partial charge in [0, 0.05) is 25.4 Å². The second-order valence-electron chi connectivity index (χ2n) is 4.97. The van der Waals surface area contributed by atoms with E-state index >= 15 is 0 Å². The molecule has 2 heterocycles. The highest BCUT2D eigenvalue weighted by atomic mass is 16.5. The maximum absolute atomic E-state index is 5.53. The Morgan fingerprint density at radius 1 is 1.47 bits per heavy atom. The number of rotatable bonds is 2. The quantitative estimate of drug-likeness (QED) is 0.842. The normalized spacial score (nSPS) is 19.2. The first kappa shape index (κ1) is 12.1. The molecule has 2 rings (SSSR count). The van der Waals surface area contributed by atoms with Crippen LogP contribution < -0.4 is 10.2 Å². The minimum atomic E-state index is -0.0254. The molecular formula is C12H20N4O. The summed E-state index contributed by atoms with van der Waals surface area (Å²) >= 11 is 0. The van der Waals surface area contributed by atoms with Crippen LogP contribution >= 0.6 is 0 Å². The van der Waals surface area contributed by atoms with Gasteiger partial charge in [-0.3, -0.25) is 0 Å². The molecule has 17 heavy (non-hydrogen) atoms. The van der Waals surface area contributed by atoms with Gasteiger partial charge in [-0.25, -0.2) is 4.98 Å². The number of anilines is 2. The minimum absolute atomic E-state index is 0.0254. The van der Waals surface area contributed by atoms with Crippen molar-refractivity contribution in [2.45, 2.75) is 26.3 Å². The molecule has 0 aromatic carbocycles. The van der Waals surface area contributed by atoms with Gasteiger partial charge in [0.05, 0.1) is 18.8 Å². The van der Waals surface area contributed by atoms with Gasteiger partial charge in [-0.15, -0.1) is 0 Å². The van der Waals surface area contributed by atoms with E-state index in [2.05, 4.69) is 34.0 Å². The number of ether oxygens (including phenoxy) is 1. The van der Waals surface area contributed by atoms with Gasteiger partial charge < -0.3 is 15.0 Å². The van der Waals surface area contributed by atoms with Crippen LogP contribution in [0.4, 0.5) is 11.8 Å². The van der Waals surface area contributed by atoms with Crippen molar-refractivity contribution < 1.29 is 4.74 Å². The van der Waals surface area contributed by atoms with E-state index < -0.39 is 0 Å². The molecule has 1 aliphatic rings. The predicted molar refractivity (Wildman–Crippen MR) is 68.6 cm³/mol. The molecule has 0 amide bonds. The van der Waals surface area contributed by atoms with E-state index in [0.29, 0.717) is 5.95 Å². The number of nitrogens with one attached hydrogen (secondary N) is 1. The second-order valence-corrected chi connectivity index (χ2v) is 4.97. The lowest BCUT2D eigenvalue weighted by Crippen LogP contribution is -2.53. The fourth-order valence-electron chi connectivity index (χ4n) is 2.08. The zero-order valence-corrected chi connectivity index (χ0v) is 10.9. The van der Waals surface area contributed by atoms with E-state index in [1.54, 1.807) is 0 Å². The lowest BCUT2D eigenvalue weighted by atomic mass is 10.0. The summed E-state index contributed by atoms with van der Waals surface area (Å²) in [5, 5.41) is 2.98. The second kappa shape index (κ2) is 4.49. The third kappa shape index (κ3) is 2.34. The lowest BCUT2D eigenvalue weighted by Gasteiger charge is -2.43. The summed E-state index contributed by atoms with van der Waals surface area (Å²) < 4.78 is 5.53. The first-order chi connectivity index (χ1) is 8.04. The molecule has 0 aliphatic carbocycles. The van der Waals surface area contributed by atoms with Crippen LogP contribution in [0.5, 0.6) is 0 Å². The molecule has 0 bridgehead atoms. The maximum atomic E-state index is 5.53. The Bertz CT molecular complexity index is 405. The Kier molecular flexibility index (Phi) is 3.19. The van der Waals surface area contributed by atoms with E-state index in [9.17, 15) is 0 Å². The van der Waals surface area contributed by atoms with Crippen molar-refractivity contribution in [1.82, 2.24) is 9.97 Å². The van der Waals surface area contributed by atoms with E-state index in [0.717, 1.165) is 31.1 Å². The molecule has 5 heteroatoms. The van der Waals surface area contributed by atoms with Crippen LogP contribution in [0.15, 0.2) is 6.20 Å². The largest absolute Gasteiger partial charge is 0.377 e. The highest BCUT2D eigenvalue weighted by molar-refractivity contribution is 5.51. The van der Waals surface area contributed by atoms with Gasteiger partial charge in [0.15, 0.2) is 0 Å². The summed E-state index contributed by atoms with van der Waals surface area (Å²) in [6, 6.07) is 0. The molecule has 5 nitrogen and oxygen atoms in total. The Morgan fingerprint density at radius 3 is 2.88 bits per heavy atom. The van der Waals surface area contributed by atoms with Crippen LogP contribution in [-0.4, -0.2) is 42.3 Å². The van der Waals surface area contributed by atoms with Crippen molar-refractivity contribution in [3.63, 3.8) is 0 Å². The summed E-state index contributed by atoms with van der Waals surface area (Å²) in [6.07, 6.45) is 1.86. The van der Waals surface area contributed by atoms with Crippen molar-refractivity contribution in [2.24, 2.45) is 0 Å². The van der Waals surface area contributed by atoms with Crippen LogP contribution in [0.3, 0.4) is 0 Å². The third-order valence-corrected chi connectivity index (χ3v) is 3.07. The molecule has 1 fully saturated rings. The Hall–Kier alpha value is -1.36. The molecule has 1 N–H and O–H groups in total. The Morgan fingerprint density at radius 2 is 2.24 bits per heavy atom. The average Bonchev–Trinajstić information content (AvgIpc) is 2.30. The Balaban J connectivity index is 2.37. The van der Waals surface area contributed by atoms with Crippen LogP contribution in [0.25, 0.3) is 0 Å². The van der Waals surface area contributed by atoms with Gasteiger partial charge in [0.25, 0.3) is 0 Å². The lowest BCUT2D eigenvalue weighted by molar-refractivity contribution is 0.0638. The van der Waals surface area contributed by atoms with Crippen molar-refractivity contribution in [3.8, 4) is 0 Å². The zero-order chi connectivity index (χ0) is 12.5. The number of hydrogen-bond donors (Lipinski definition) is 1.